The number of hydrogen-bond acceptors (Lipinski definition) is 5. The summed E-state index contributed by atoms with van der Waals surface area (Å²) in [6.45, 7) is 4.18. The summed E-state index contributed by atoms with van der Waals surface area (Å²) in [6.07, 6.45) is -3.71. The first-order valence-electron chi connectivity index (χ1n) is 7.32. The lowest BCUT2D eigenvalue weighted by molar-refractivity contribution is -0.141. The summed E-state index contributed by atoms with van der Waals surface area (Å²) in [5.74, 6) is -1.72. The van der Waals surface area contributed by atoms with Crippen LogP contribution in [0.3, 0.4) is 0 Å². The number of rotatable bonds is 3. The van der Waals surface area contributed by atoms with Crippen molar-refractivity contribution in [2.45, 2.75) is 32.1 Å². The van der Waals surface area contributed by atoms with Crippen molar-refractivity contribution in [2.75, 3.05) is 11.9 Å². The molecule has 2 amide bonds. The number of carbonyl (C=O) groups excluding carboxylic acids is 2. The van der Waals surface area contributed by atoms with Gasteiger partial charge in [0.05, 0.1) is 11.9 Å². The van der Waals surface area contributed by atoms with Crippen molar-refractivity contribution >= 4 is 17.5 Å². The van der Waals surface area contributed by atoms with E-state index in [1.807, 2.05) is 13.8 Å². The van der Waals surface area contributed by atoms with Gasteiger partial charge in [0.1, 0.15) is 5.69 Å². The molecule has 2 rings (SSSR count). The van der Waals surface area contributed by atoms with Gasteiger partial charge in [0.15, 0.2) is 0 Å². The smallest absolute Gasteiger partial charge is 0.347 e. The van der Waals surface area contributed by atoms with E-state index in [-0.39, 0.29) is 23.7 Å². The number of aromatic nitrogens is 1. The average Bonchev–Trinajstić information content (AvgIpc) is 2.83. The maximum Gasteiger partial charge on any atom is 0.433 e. The van der Waals surface area contributed by atoms with Crippen molar-refractivity contribution in [1.82, 2.24) is 21.2 Å². The summed E-state index contributed by atoms with van der Waals surface area (Å²) in [7, 11) is 0. The predicted octanol–water partition coefficient (Wildman–Crippen LogP) is 0.656. The molecule has 10 heteroatoms. The highest BCUT2D eigenvalue weighted by Crippen LogP contribution is 2.27. The van der Waals surface area contributed by atoms with Crippen molar-refractivity contribution in [1.29, 1.82) is 0 Å². The quantitative estimate of drug-likeness (QED) is 0.604. The van der Waals surface area contributed by atoms with Crippen LogP contribution in [0.4, 0.5) is 18.9 Å². The molecule has 1 aromatic heterocycles. The first kappa shape index (κ1) is 18.1. The molecule has 0 spiro atoms. The molecular formula is C14H18F3N5O2. The molecule has 0 aromatic carbocycles. The standard InChI is InChI=1S/C14H18F3N5O2/c1-7-10(8(2)22-21-7)6-19-12(23)13(24)20-9-3-4-11(18-5-9)14(15,16)17/h3-5,7-8,10,21-22H,6H2,1-2H3,(H,19,23)(H,20,24). The Labute approximate surface area is 136 Å². The van der Waals surface area contributed by atoms with Crippen LogP contribution in [0.15, 0.2) is 18.3 Å². The molecule has 7 nitrogen and oxygen atoms in total. The summed E-state index contributed by atoms with van der Waals surface area (Å²) < 4.78 is 37.2. The third-order valence-electron chi connectivity index (χ3n) is 3.84. The first-order chi connectivity index (χ1) is 11.2. The fourth-order valence-corrected chi connectivity index (χ4v) is 2.38. The normalized spacial score (nSPS) is 23.8. The van der Waals surface area contributed by atoms with Gasteiger partial charge in [0, 0.05) is 24.5 Å². The minimum atomic E-state index is -4.56. The van der Waals surface area contributed by atoms with E-state index in [9.17, 15) is 22.8 Å². The van der Waals surface area contributed by atoms with Crippen LogP contribution in [0.5, 0.6) is 0 Å². The Morgan fingerprint density at radius 2 is 1.79 bits per heavy atom. The Bertz CT molecular complexity index is 595. The molecule has 1 fully saturated rings. The molecule has 1 saturated heterocycles. The summed E-state index contributed by atoms with van der Waals surface area (Å²) in [6, 6.07) is 2.02. The fraction of sp³-hybridized carbons (Fsp3) is 0.500. The third-order valence-corrected chi connectivity index (χ3v) is 3.84. The Kier molecular flexibility index (Phi) is 5.40. The topological polar surface area (TPSA) is 95.1 Å². The molecule has 0 bridgehead atoms. The highest BCUT2D eigenvalue weighted by molar-refractivity contribution is 6.39. The zero-order valence-corrected chi connectivity index (χ0v) is 13.1. The minimum Gasteiger partial charge on any atom is -0.347 e. The number of amides is 2. The number of hydrogen-bond donors (Lipinski definition) is 4. The maximum absolute atomic E-state index is 12.4. The number of hydrazine groups is 1. The van der Waals surface area contributed by atoms with Gasteiger partial charge in [-0.25, -0.2) is 4.98 Å². The number of pyridine rings is 1. The van der Waals surface area contributed by atoms with Gasteiger partial charge in [-0.1, -0.05) is 0 Å². The zero-order chi connectivity index (χ0) is 17.9. The van der Waals surface area contributed by atoms with Crippen LogP contribution in [0.25, 0.3) is 0 Å². The lowest BCUT2D eigenvalue weighted by Crippen LogP contribution is -2.42. The molecule has 24 heavy (non-hydrogen) atoms. The second kappa shape index (κ2) is 7.14. The molecule has 0 radical (unpaired) electrons. The van der Waals surface area contributed by atoms with E-state index in [1.54, 1.807) is 0 Å². The van der Waals surface area contributed by atoms with Crippen LogP contribution in [0.2, 0.25) is 0 Å². The van der Waals surface area contributed by atoms with Crippen LogP contribution in [-0.4, -0.2) is 35.4 Å². The van der Waals surface area contributed by atoms with Gasteiger partial charge in [-0.15, -0.1) is 0 Å². The molecule has 132 valence electrons. The Morgan fingerprint density at radius 1 is 1.17 bits per heavy atom. The molecule has 0 saturated carbocycles. The largest absolute Gasteiger partial charge is 0.433 e. The van der Waals surface area contributed by atoms with Gasteiger partial charge in [-0.3, -0.25) is 20.4 Å². The average molecular weight is 345 g/mol. The second-order valence-corrected chi connectivity index (χ2v) is 5.62. The van der Waals surface area contributed by atoms with Crippen molar-refractivity contribution in [3.63, 3.8) is 0 Å². The van der Waals surface area contributed by atoms with E-state index in [1.165, 1.54) is 0 Å². The van der Waals surface area contributed by atoms with Crippen LogP contribution < -0.4 is 21.5 Å². The molecule has 4 N–H and O–H groups in total. The van der Waals surface area contributed by atoms with E-state index in [0.717, 1.165) is 18.3 Å². The molecule has 1 aliphatic heterocycles. The van der Waals surface area contributed by atoms with Crippen LogP contribution in [0.1, 0.15) is 19.5 Å². The van der Waals surface area contributed by atoms with E-state index in [2.05, 4.69) is 26.5 Å². The first-order valence-corrected chi connectivity index (χ1v) is 7.32. The van der Waals surface area contributed by atoms with Crippen LogP contribution >= 0.6 is 0 Å². The molecule has 1 aliphatic rings. The number of carbonyl (C=O) groups is 2. The summed E-state index contributed by atoms with van der Waals surface area (Å²) >= 11 is 0. The summed E-state index contributed by atoms with van der Waals surface area (Å²) in [4.78, 5) is 26.7. The van der Waals surface area contributed by atoms with E-state index in [0.29, 0.717) is 6.54 Å². The monoisotopic (exact) mass is 345 g/mol. The van der Waals surface area contributed by atoms with Gasteiger partial charge in [0.25, 0.3) is 0 Å². The van der Waals surface area contributed by atoms with Gasteiger partial charge in [-0.2, -0.15) is 13.2 Å². The van der Waals surface area contributed by atoms with E-state index in [4.69, 9.17) is 0 Å². The highest BCUT2D eigenvalue weighted by atomic mass is 19.4. The van der Waals surface area contributed by atoms with Crippen molar-refractivity contribution in [2.24, 2.45) is 5.92 Å². The number of nitrogens with zero attached hydrogens (tertiary/aromatic N) is 1. The molecule has 2 heterocycles. The highest BCUT2D eigenvalue weighted by Gasteiger charge is 2.32. The van der Waals surface area contributed by atoms with Crippen molar-refractivity contribution in [3.05, 3.63) is 24.0 Å². The second-order valence-electron chi connectivity index (χ2n) is 5.62. The van der Waals surface area contributed by atoms with E-state index >= 15 is 0 Å². The van der Waals surface area contributed by atoms with Crippen LogP contribution in [-0.2, 0) is 15.8 Å². The molecule has 2 atom stereocenters. The van der Waals surface area contributed by atoms with Crippen molar-refractivity contribution < 1.29 is 22.8 Å². The summed E-state index contributed by atoms with van der Waals surface area (Å²) in [5, 5.41) is 4.72. The van der Waals surface area contributed by atoms with Gasteiger partial charge in [0.2, 0.25) is 0 Å². The number of halogens is 3. The van der Waals surface area contributed by atoms with Gasteiger partial charge < -0.3 is 10.6 Å². The summed E-state index contributed by atoms with van der Waals surface area (Å²) in [5.41, 5.74) is 4.99. The number of anilines is 1. The molecular weight excluding hydrogens is 327 g/mol. The molecule has 0 aliphatic carbocycles. The van der Waals surface area contributed by atoms with E-state index < -0.39 is 23.7 Å². The predicted molar refractivity (Wildman–Crippen MR) is 79.6 cm³/mol. The minimum absolute atomic E-state index is 0.00841. The molecule has 1 aromatic rings. The van der Waals surface area contributed by atoms with Crippen LogP contribution in [0, 0.1) is 5.92 Å². The third kappa shape index (κ3) is 4.42. The van der Waals surface area contributed by atoms with Crippen molar-refractivity contribution in [3.8, 4) is 0 Å². The van der Waals surface area contributed by atoms with Gasteiger partial charge in [-0.05, 0) is 26.0 Å². The Morgan fingerprint density at radius 3 is 2.29 bits per heavy atom. The Balaban J connectivity index is 1.86. The lowest BCUT2D eigenvalue weighted by atomic mass is 9.97. The SMILES string of the molecule is CC1NNC(C)C1CNC(=O)C(=O)Nc1ccc(C(F)(F)F)nc1. The molecule has 2 unspecified atom stereocenters. The van der Waals surface area contributed by atoms with Gasteiger partial charge >= 0.3 is 18.0 Å². The number of nitrogens with one attached hydrogen (secondary N) is 4. The number of alkyl halides is 3. The fourth-order valence-electron chi connectivity index (χ4n) is 2.38. The Hall–Kier alpha value is -2.20. The lowest BCUT2D eigenvalue weighted by Gasteiger charge is -2.18. The zero-order valence-electron chi connectivity index (χ0n) is 13.1. The maximum atomic E-state index is 12.4.